The van der Waals surface area contributed by atoms with Gasteiger partial charge in [-0.2, -0.15) is 0 Å². The molecule has 0 saturated heterocycles. The first-order valence-electron chi connectivity index (χ1n) is 7.28. The highest BCUT2D eigenvalue weighted by atomic mass is 16.5. The molecule has 0 aliphatic heterocycles. The van der Waals surface area contributed by atoms with Gasteiger partial charge in [-0.25, -0.2) is 4.98 Å². The molecule has 3 nitrogen and oxygen atoms in total. The number of nitrogens with zero attached hydrogens (tertiary/aromatic N) is 1. The molecule has 0 radical (unpaired) electrons. The average molecular weight is 264 g/mol. The largest absolute Gasteiger partial charge is 0.478 e. The number of aromatic nitrogens is 1. The minimum Gasteiger partial charge on any atom is -0.478 e. The van der Waals surface area contributed by atoms with Gasteiger partial charge in [0, 0.05) is 18.3 Å². The molecule has 1 rings (SSSR count). The van der Waals surface area contributed by atoms with Crippen LogP contribution in [0.3, 0.4) is 0 Å². The fraction of sp³-hybridized carbons (Fsp3) is 0.688. The summed E-state index contributed by atoms with van der Waals surface area (Å²) < 4.78 is 5.73. The number of nitrogens with one attached hydrogen (secondary N) is 1. The Morgan fingerprint density at radius 3 is 2.53 bits per heavy atom. The fourth-order valence-corrected chi connectivity index (χ4v) is 1.79. The molecule has 0 aromatic carbocycles. The average Bonchev–Trinajstić information content (AvgIpc) is 2.27. The maximum absolute atomic E-state index is 5.73. The highest BCUT2D eigenvalue weighted by Crippen LogP contribution is 2.13. The van der Waals surface area contributed by atoms with Crippen LogP contribution in [-0.2, 0) is 6.54 Å². The van der Waals surface area contributed by atoms with Crippen molar-refractivity contribution in [3.8, 4) is 5.88 Å². The van der Waals surface area contributed by atoms with Crippen molar-refractivity contribution in [1.82, 2.24) is 10.3 Å². The van der Waals surface area contributed by atoms with E-state index in [4.69, 9.17) is 4.74 Å². The Morgan fingerprint density at radius 2 is 1.89 bits per heavy atom. The highest BCUT2D eigenvalue weighted by Gasteiger charge is 2.03. The van der Waals surface area contributed by atoms with Crippen LogP contribution >= 0.6 is 0 Å². The van der Waals surface area contributed by atoms with E-state index in [2.05, 4.69) is 44.1 Å². The van der Waals surface area contributed by atoms with Crippen molar-refractivity contribution in [1.29, 1.82) is 0 Å². The molecule has 0 bridgehead atoms. The second kappa shape index (κ2) is 8.16. The van der Waals surface area contributed by atoms with E-state index in [1.54, 1.807) is 0 Å². The minimum atomic E-state index is 0.664. The first-order valence-corrected chi connectivity index (χ1v) is 7.28. The van der Waals surface area contributed by atoms with Gasteiger partial charge in [0.2, 0.25) is 5.88 Å². The van der Waals surface area contributed by atoms with E-state index in [0.717, 1.165) is 37.7 Å². The minimum absolute atomic E-state index is 0.664. The SMILES string of the molecule is Cc1cc(CNCC(C)C)cc(OCCC(C)C)n1. The van der Waals surface area contributed by atoms with Crippen LogP contribution in [-0.4, -0.2) is 18.1 Å². The molecule has 0 unspecified atom stereocenters. The number of aryl methyl sites for hydroxylation is 1. The van der Waals surface area contributed by atoms with Gasteiger partial charge < -0.3 is 10.1 Å². The van der Waals surface area contributed by atoms with Crippen LogP contribution in [0.5, 0.6) is 5.88 Å². The summed E-state index contributed by atoms with van der Waals surface area (Å²) >= 11 is 0. The number of pyridine rings is 1. The molecule has 0 saturated carbocycles. The van der Waals surface area contributed by atoms with Gasteiger partial charge in [0.1, 0.15) is 0 Å². The number of ether oxygens (including phenoxy) is 1. The lowest BCUT2D eigenvalue weighted by molar-refractivity contribution is 0.278. The Kier molecular flexibility index (Phi) is 6.85. The van der Waals surface area contributed by atoms with Crippen LogP contribution in [0.2, 0.25) is 0 Å². The van der Waals surface area contributed by atoms with Crippen molar-refractivity contribution in [3.05, 3.63) is 23.4 Å². The topological polar surface area (TPSA) is 34.1 Å². The van der Waals surface area contributed by atoms with Crippen LogP contribution < -0.4 is 10.1 Å². The van der Waals surface area contributed by atoms with E-state index in [9.17, 15) is 0 Å². The molecular formula is C16H28N2O. The maximum atomic E-state index is 5.73. The van der Waals surface area contributed by atoms with Crippen molar-refractivity contribution < 1.29 is 4.74 Å². The molecular weight excluding hydrogens is 236 g/mol. The van der Waals surface area contributed by atoms with Crippen LogP contribution in [0.4, 0.5) is 0 Å². The summed E-state index contributed by atoms with van der Waals surface area (Å²) in [5.41, 5.74) is 2.26. The Labute approximate surface area is 117 Å². The lowest BCUT2D eigenvalue weighted by Gasteiger charge is -2.11. The van der Waals surface area contributed by atoms with Crippen molar-refractivity contribution in [3.63, 3.8) is 0 Å². The Balaban J connectivity index is 2.51. The first kappa shape index (κ1) is 16.0. The van der Waals surface area contributed by atoms with Gasteiger partial charge in [-0.1, -0.05) is 27.7 Å². The van der Waals surface area contributed by atoms with Gasteiger partial charge >= 0.3 is 0 Å². The third kappa shape index (κ3) is 7.16. The molecule has 3 heteroatoms. The number of rotatable bonds is 8. The number of hydrogen-bond donors (Lipinski definition) is 1. The summed E-state index contributed by atoms with van der Waals surface area (Å²) in [6, 6.07) is 4.16. The van der Waals surface area contributed by atoms with Gasteiger partial charge in [0.15, 0.2) is 0 Å². The molecule has 1 N–H and O–H groups in total. The molecule has 1 heterocycles. The molecule has 0 fully saturated rings. The molecule has 0 aliphatic carbocycles. The fourth-order valence-electron chi connectivity index (χ4n) is 1.79. The molecule has 1 aromatic heterocycles. The van der Waals surface area contributed by atoms with E-state index in [0.29, 0.717) is 11.8 Å². The predicted octanol–water partition coefficient (Wildman–Crippen LogP) is 3.56. The summed E-state index contributed by atoms with van der Waals surface area (Å²) in [5, 5.41) is 3.45. The van der Waals surface area contributed by atoms with Crippen LogP contribution in [0.15, 0.2) is 12.1 Å². The van der Waals surface area contributed by atoms with Gasteiger partial charge in [0.25, 0.3) is 0 Å². The molecule has 108 valence electrons. The summed E-state index contributed by atoms with van der Waals surface area (Å²) in [6.07, 6.45) is 1.07. The summed E-state index contributed by atoms with van der Waals surface area (Å²) in [7, 11) is 0. The van der Waals surface area contributed by atoms with Gasteiger partial charge in [-0.15, -0.1) is 0 Å². The summed E-state index contributed by atoms with van der Waals surface area (Å²) in [5.74, 6) is 2.09. The summed E-state index contributed by atoms with van der Waals surface area (Å²) in [4.78, 5) is 4.42. The smallest absolute Gasteiger partial charge is 0.213 e. The Hall–Kier alpha value is -1.09. The third-order valence-corrected chi connectivity index (χ3v) is 2.82. The maximum Gasteiger partial charge on any atom is 0.213 e. The highest BCUT2D eigenvalue weighted by molar-refractivity contribution is 5.24. The molecule has 0 aliphatic rings. The van der Waals surface area contributed by atoms with Crippen LogP contribution in [0.1, 0.15) is 45.4 Å². The third-order valence-electron chi connectivity index (χ3n) is 2.82. The monoisotopic (exact) mass is 264 g/mol. The molecule has 0 amide bonds. The van der Waals surface area contributed by atoms with Gasteiger partial charge in [-0.05, 0) is 43.4 Å². The van der Waals surface area contributed by atoms with Crippen molar-refractivity contribution >= 4 is 0 Å². The standard InChI is InChI=1S/C16H28N2O/c1-12(2)6-7-19-16-9-15(8-14(5)18-16)11-17-10-13(3)4/h8-9,12-13,17H,6-7,10-11H2,1-5H3. The lowest BCUT2D eigenvalue weighted by atomic mass is 10.1. The zero-order valence-electron chi connectivity index (χ0n) is 13.0. The second-order valence-corrected chi connectivity index (χ2v) is 6.01. The van der Waals surface area contributed by atoms with E-state index < -0.39 is 0 Å². The predicted molar refractivity (Wildman–Crippen MR) is 80.5 cm³/mol. The van der Waals surface area contributed by atoms with Crippen molar-refractivity contribution in [2.24, 2.45) is 11.8 Å². The summed E-state index contributed by atoms with van der Waals surface area (Å²) in [6.45, 7) is 13.5. The molecule has 0 spiro atoms. The number of hydrogen-bond acceptors (Lipinski definition) is 3. The Morgan fingerprint density at radius 1 is 1.16 bits per heavy atom. The van der Waals surface area contributed by atoms with E-state index in [1.807, 2.05) is 13.0 Å². The molecule has 1 aromatic rings. The zero-order valence-corrected chi connectivity index (χ0v) is 13.0. The zero-order chi connectivity index (χ0) is 14.3. The Bertz CT molecular complexity index is 343. The van der Waals surface area contributed by atoms with E-state index in [-0.39, 0.29) is 0 Å². The van der Waals surface area contributed by atoms with Crippen molar-refractivity contribution in [2.75, 3.05) is 13.2 Å². The molecule has 0 atom stereocenters. The van der Waals surface area contributed by atoms with Gasteiger partial charge in [-0.3, -0.25) is 0 Å². The van der Waals surface area contributed by atoms with Crippen LogP contribution in [0, 0.1) is 18.8 Å². The lowest BCUT2D eigenvalue weighted by Crippen LogP contribution is -2.19. The van der Waals surface area contributed by atoms with Crippen molar-refractivity contribution in [2.45, 2.75) is 47.6 Å². The normalized spacial score (nSPS) is 11.3. The second-order valence-electron chi connectivity index (χ2n) is 6.01. The van der Waals surface area contributed by atoms with Gasteiger partial charge in [0.05, 0.1) is 6.61 Å². The molecule has 19 heavy (non-hydrogen) atoms. The quantitative estimate of drug-likeness (QED) is 0.779. The first-order chi connectivity index (χ1) is 8.97. The van der Waals surface area contributed by atoms with Crippen LogP contribution in [0.25, 0.3) is 0 Å². The van der Waals surface area contributed by atoms with E-state index >= 15 is 0 Å². The van der Waals surface area contributed by atoms with E-state index in [1.165, 1.54) is 5.56 Å².